The van der Waals surface area contributed by atoms with E-state index in [2.05, 4.69) is 15.5 Å². The smallest absolute Gasteiger partial charge is 0.250 e. The van der Waals surface area contributed by atoms with Crippen molar-refractivity contribution in [1.29, 1.82) is 0 Å². The van der Waals surface area contributed by atoms with Crippen LogP contribution in [0.5, 0.6) is 0 Å². The fourth-order valence-corrected chi connectivity index (χ4v) is 3.26. The number of amides is 1. The number of hydrogen-bond acceptors (Lipinski definition) is 4. The van der Waals surface area contributed by atoms with Gasteiger partial charge in [0.25, 0.3) is 0 Å². The number of carbonyl (C=O) groups is 1. The number of ether oxygens (including phenoxy) is 1. The van der Waals surface area contributed by atoms with E-state index in [-0.39, 0.29) is 18.3 Å². The van der Waals surface area contributed by atoms with Gasteiger partial charge >= 0.3 is 0 Å². The third-order valence-electron chi connectivity index (χ3n) is 4.88. The molecule has 0 bridgehead atoms. The van der Waals surface area contributed by atoms with Gasteiger partial charge in [-0.15, -0.1) is 10.2 Å². The second-order valence-electron chi connectivity index (χ2n) is 7.10. The van der Waals surface area contributed by atoms with Crippen LogP contribution in [0, 0.1) is 11.7 Å². The fraction of sp³-hybridized carbons (Fsp3) is 0.526. The van der Waals surface area contributed by atoms with Crippen molar-refractivity contribution in [1.82, 2.24) is 14.8 Å². The van der Waals surface area contributed by atoms with E-state index >= 15 is 0 Å². The highest BCUT2D eigenvalue weighted by Crippen LogP contribution is 2.29. The number of halogens is 1. The van der Waals surface area contributed by atoms with E-state index < -0.39 is 0 Å². The van der Waals surface area contributed by atoms with Gasteiger partial charge in [0.15, 0.2) is 5.82 Å². The monoisotopic (exact) mass is 358 g/mol. The van der Waals surface area contributed by atoms with Crippen LogP contribution in [0.3, 0.4) is 0 Å². The van der Waals surface area contributed by atoms with Crippen molar-refractivity contribution in [3.63, 3.8) is 0 Å². The minimum absolute atomic E-state index is 0.0174. The number of nitrogens with zero attached hydrogens (tertiary/aromatic N) is 3. The minimum atomic E-state index is -0.368. The predicted molar refractivity (Wildman–Crippen MR) is 95.1 cm³/mol. The number of hydrogen-bond donors (Lipinski definition) is 1. The Balaban J connectivity index is 1.49. The maximum absolute atomic E-state index is 14.4. The normalized spacial score (nSPS) is 16.8. The van der Waals surface area contributed by atoms with Gasteiger partial charge in [-0.2, -0.15) is 0 Å². The number of aryl methyl sites for hydroxylation is 1. The van der Waals surface area contributed by atoms with Crippen molar-refractivity contribution in [3.05, 3.63) is 29.8 Å². The third-order valence-corrected chi connectivity index (χ3v) is 4.88. The Morgan fingerprint density at radius 3 is 3.00 bits per heavy atom. The van der Waals surface area contributed by atoms with Crippen LogP contribution in [0.2, 0.25) is 0 Å². The molecular weight excluding hydrogens is 335 g/mol. The zero-order valence-electron chi connectivity index (χ0n) is 14.7. The molecule has 0 unspecified atom stereocenters. The van der Waals surface area contributed by atoms with Crippen molar-refractivity contribution in [3.8, 4) is 11.4 Å². The Morgan fingerprint density at radius 2 is 2.15 bits per heavy atom. The van der Waals surface area contributed by atoms with Gasteiger partial charge in [0.05, 0.1) is 12.2 Å². The predicted octanol–water partition coefficient (Wildman–Crippen LogP) is 3.18. The molecule has 1 N–H and O–H groups in total. The molecule has 7 heteroatoms. The number of rotatable bonds is 6. The molecule has 0 spiro atoms. The molecule has 0 atom stereocenters. The number of anilines is 1. The van der Waals surface area contributed by atoms with Gasteiger partial charge in [0, 0.05) is 18.7 Å². The van der Waals surface area contributed by atoms with E-state index in [1.807, 2.05) is 4.57 Å². The van der Waals surface area contributed by atoms with Gasteiger partial charge in [0.1, 0.15) is 18.2 Å². The molecule has 0 radical (unpaired) electrons. The van der Waals surface area contributed by atoms with Crippen LogP contribution in [0.1, 0.15) is 37.9 Å². The molecular formula is C19H23FN4O2. The highest BCUT2D eigenvalue weighted by Gasteiger charge is 2.22. The Kier molecular flexibility index (Phi) is 4.97. The van der Waals surface area contributed by atoms with Gasteiger partial charge in [-0.1, -0.05) is 6.42 Å². The van der Waals surface area contributed by atoms with Gasteiger partial charge < -0.3 is 14.6 Å². The SMILES string of the molecule is O=C(COCC1CC1)Nc1ccc(F)c(-c2nnc3n2CCCCC3)c1. The van der Waals surface area contributed by atoms with Crippen LogP contribution in [-0.4, -0.2) is 33.9 Å². The Labute approximate surface area is 151 Å². The second-order valence-corrected chi connectivity index (χ2v) is 7.10. The zero-order valence-corrected chi connectivity index (χ0v) is 14.7. The minimum Gasteiger partial charge on any atom is -0.371 e. The lowest BCUT2D eigenvalue weighted by Crippen LogP contribution is -2.19. The van der Waals surface area contributed by atoms with Crippen molar-refractivity contribution in [2.45, 2.75) is 45.1 Å². The van der Waals surface area contributed by atoms with Crippen molar-refractivity contribution in [2.75, 3.05) is 18.5 Å². The van der Waals surface area contributed by atoms with E-state index in [0.29, 0.717) is 29.6 Å². The maximum atomic E-state index is 14.4. The first-order valence-electron chi connectivity index (χ1n) is 9.30. The first-order valence-corrected chi connectivity index (χ1v) is 9.30. The summed E-state index contributed by atoms with van der Waals surface area (Å²) in [5, 5.41) is 11.2. The first-order chi connectivity index (χ1) is 12.7. The largest absolute Gasteiger partial charge is 0.371 e. The highest BCUT2D eigenvalue weighted by atomic mass is 19.1. The number of aromatic nitrogens is 3. The summed E-state index contributed by atoms with van der Waals surface area (Å²) in [5.74, 6) is 1.44. The molecule has 0 saturated heterocycles. The standard InChI is InChI=1S/C19H23FN4O2/c20-16-8-7-14(21-18(25)12-26-11-13-5-6-13)10-15(16)19-23-22-17-4-2-1-3-9-24(17)19/h7-8,10,13H,1-6,9,11-12H2,(H,21,25). The summed E-state index contributed by atoms with van der Waals surface area (Å²) in [7, 11) is 0. The summed E-state index contributed by atoms with van der Waals surface area (Å²) >= 11 is 0. The Bertz CT molecular complexity index is 801. The second kappa shape index (κ2) is 7.53. The number of benzene rings is 1. The molecule has 1 saturated carbocycles. The molecule has 4 rings (SSSR count). The number of carbonyl (C=O) groups excluding carboxylic acids is 1. The van der Waals surface area contributed by atoms with Crippen LogP contribution >= 0.6 is 0 Å². The molecule has 138 valence electrons. The molecule has 1 aliphatic heterocycles. The molecule has 2 aliphatic rings. The Morgan fingerprint density at radius 1 is 1.27 bits per heavy atom. The van der Waals surface area contributed by atoms with Crippen LogP contribution < -0.4 is 5.32 Å². The summed E-state index contributed by atoms with van der Waals surface area (Å²) in [5.41, 5.74) is 0.898. The average molecular weight is 358 g/mol. The van der Waals surface area contributed by atoms with E-state index in [1.165, 1.54) is 18.9 Å². The van der Waals surface area contributed by atoms with E-state index in [9.17, 15) is 9.18 Å². The molecule has 1 fully saturated rings. The lowest BCUT2D eigenvalue weighted by molar-refractivity contribution is -0.120. The molecule has 2 aromatic rings. The molecule has 1 aromatic heterocycles. The molecule has 6 nitrogen and oxygen atoms in total. The van der Waals surface area contributed by atoms with E-state index in [1.54, 1.807) is 12.1 Å². The van der Waals surface area contributed by atoms with Crippen LogP contribution in [0.4, 0.5) is 10.1 Å². The molecule has 1 aromatic carbocycles. The summed E-state index contributed by atoms with van der Waals surface area (Å²) in [6, 6.07) is 4.53. The Hall–Kier alpha value is -2.28. The fourth-order valence-electron chi connectivity index (χ4n) is 3.26. The molecule has 1 amide bonds. The van der Waals surface area contributed by atoms with E-state index in [0.717, 1.165) is 38.1 Å². The topological polar surface area (TPSA) is 69.0 Å². The van der Waals surface area contributed by atoms with Crippen LogP contribution in [0.25, 0.3) is 11.4 Å². The quantitative estimate of drug-likeness (QED) is 0.861. The number of fused-ring (bicyclic) bond motifs is 1. The van der Waals surface area contributed by atoms with E-state index in [4.69, 9.17) is 4.74 Å². The molecule has 1 aliphatic carbocycles. The van der Waals surface area contributed by atoms with Gasteiger partial charge in [0.2, 0.25) is 5.91 Å². The molecule has 2 heterocycles. The van der Waals surface area contributed by atoms with Gasteiger partial charge in [-0.05, 0) is 49.8 Å². The third kappa shape index (κ3) is 3.93. The van der Waals surface area contributed by atoms with Gasteiger partial charge in [-0.25, -0.2) is 4.39 Å². The lowest BCUT2D eigenvalue weighted by Gasteiger charge is -2.10. The zero-order chi connectivity index (χ0) is 17.9. The summed E-state index contributed by atoms with van der Waals surface area (Å²) in [6.45, 7) is 1.44. The molecule has 26 heavy (non-hydrogen) atoms. The van der Waals surface area contributed by atoms with Crippen molar-refractivity contribution < 1.29 is 13.9 Å². The first kappa shape index (κ1) is 17.1. The highest BCUT2D eigenvalue weighted by molar-refractivity contribution is 5.92. The van der Waals surface area contributed by atoms with Crippen LogP contribution in [0.15, 0.2) is 18.2 Å². The maximum Gasteiger partial charge on any atom is 0.250 e. The summed E-state index contributed by atoms with van der Waals surface area (Å²) in [4.78, 5) is 12.0. The number of nitrogens with one attached hydrogen (secondary N) is 1. The summed E-state index contributed by atoms with van der Waals surface area (Å²) < 4.78 is 21.8. The van der Waals surface area contributed by atoms with Gasteiger partial charge in [-0.3, -0.25) is 4.79 Å². The average Bonchev–Trinajstić information content (AvgIpc) is 3.41. The summed E-state index contributed by atoms with van der Waals surface area (Å²) in [6.07, 6.45) is 6.49. The van der Waals surface area contributed by atoms with Crippen LogP contribution in [-0.2, 0) is 22.5 Å². The lowest BCUT2D eigenvalue weighted by atomic mass is 10.1. The van der Waals surface area contributed by atoms with Crippen molar-refractivity contribution >= 4 is 11.6 Å². The van der Waals surface area contributed by atoms with Crippen molar-refractivity contribution in [2.24, 2.45) is 5.92 Å².